The molecule has 0 unspecified atom stereocenters. The van der Waals surface area contributed by atoms with E-state index >= 15 is 0 Å². The summed E-state index contributed by atoms with van der Waals surface area (Å²) in [7, 11) is 0. The van der Waals surface area contributed by atoms with Crippen molar-refractivity contribution in [2.75, 3.05) is 34.9 Å². The third-order valence-corrected chi connectivity index (χ3v) is 4.65. The molecule has 0 saturated heterocycles. The number of anilines is 3. The quantitative estimate of drug-likeness (QED) is 0.621. The van der Waals surface area contributed by atoms with E-state index in [9.17, 15) is 4.79 Å². The van der Waals surface area contributed by atoms with Gasteiger partial charge in [0.25, 0.3) is 0 Å². The molecule has 1 aliphatic rings. The zero-order valence-corrected chi connectivity index (χ0v) is 14.1. The summed E-state index contributed by atoms with van der Waals surface area (Å²) in [6, 6.07) is 1.48. The number of carbonyl (C=O) groups is 1. The molecule has 1 saturated carbocycles. The number of aromatic nitrogens is 2. The molecule has 1 aromatic heterocycles. The summed E-state index contributed by atoms with van der Waals surface area (Å²) >= 11 is 1.58. The lowest BCUT2D eigenvalue weighted by Gasteiger charge is -2.21. The maximum Gasteiger partial charge on any atom is 0.235 e. The number of carbonyl (C=O) groups excluding carboxylic acids is 1. The van der Waals surface area contributed by atoms with Gasteiger partial charge in [0.05, 0.1) is 11.9 Å². The predicted octanol–water partition coefficient (Wildman–Crippen LogP) is 2.05. The fourth-order valence-electron chi connectivity index (χ4n) is 2.54. The van der Waals surface area contributed by atoms with Crippen molar-refractivity contribution in [2.24, 2.45) is 0 Å². The minimum Gasteiger partial charge on any atom is -0.383 e. The molecule has 0 aliphatic heterocycles. The highest BCUT2D eigenvalue weighted by Gasteiger charge is 2.13. The number of ether oxygens (including phenoxy) is 1. The maximum atomic E-state index is 11.8. The highest BCUT2D eigenvalue weighted by molar-refractivity contribution is 7.99. The number of nitrogens with zero attached hydrogens (tertiary/aromatic N) is 2. The zero-order valence-electron chi connectivity index (χ0n) is 13.3. The summed E-state index contributed by atoms with van der Waals surface area (Å²) in [5, 5.41) is 2.66. The van der Waals surface area contributed by atoms with Gasteiger partial charge >= 0.3 is 0 Å². The minimum atomic E-state index is -0.124. The van der Waals surface area contributed by atoms with Crippen LogP contribution in [0, 0.1) is 0 Å². The molecule has 0 bridgehead atoms. The van der Waals surface area contributed by atoms with Crippen molar-refractivity contribution in [3.8, 4) is 0 Å². The second-order valence-corrected chi connectivity index (χ2v) is 6.73. The summed E-state index contributed by atoms with van der Waals surface area (Å²) in [5.41, 5.74) is 11.0. The first-order chi connectivity index (χ1) is 11.1. The molecule has 1 fully saturated rings. The normalized spacial score (nSPS) is 15.5. The molecule has 128 valence electrons. The SMILES string of the molecule is Nc1cc(NC(=O)CSCCCOC2CCCCC2)nc(N)n1. The van der Waals surface area contributed by atoms with E-state index in [1.54, 1.807) is 11.8 Å². The van der Waals surface area contributed by atoms with Gasteiger partial charge in [-0.2, -0.15) is 21.7 Å². The summed E-state index contributed by atoms with van der Waals surface area (Å²) in [6.07, 6.45) is 7.72. The summed E-state index contributed by atoms with van der Waals surface area (Å²) in [4.78, 5) is 19.5. The zero-order chi connectivity index (χ0) is 16.5. The van der Waals surface area contributed by atoms with Gasteiger partial charge in [0.2, 0.25) is 11.9 Å². The Bertz CT molecular complexity index is 488. The number of rotatable bonds is 8. The highest BCUT2D eigenvalue weighted by atomic mass is 32.2. The number of hydrogen-bond acceptors (Lipinski definition) is 7. The Hall–Kier alpha value is -1.54. The highest BCUT2D eigenvalue weighted by Crippen LogP contribution is 2.20. The largest absolute Gasteiger partial charge is 0.383 e. The van der Waals surface area contributed by atoms with E-state index in [2.05, 4.69) is 15.3 Å². The third-order valence-electron chi connectivity index (χ3n) is 3.60. The lowest BCUT2D eigenvalue weighted by molar-refractivity contribution is -0.113. The van der Waals surface area contributed by atoms with Gasteiger partial charge in [0.1, 0.15) is 11.6 Å². The van der Waals surface area contributed by atoms with Crippen LogP contribution in [0.15, 0.2) is 6.07 Å². The van der Waals surface area contributed by atoms with Gasteiger partial charge in [0, 0.05) is 12.7 Å². The summed E-state index contributed by atoms with van der Waals surface area (Å²) in [5.74, 6) is 1.76. The van der Waals surface area contributed by atoms with Crippen molar-refractivity contribution < 1.29 is 9.53 Å². The van der Waals surface area contributed by atoms with E-state index in [0.717, 1.165) is 18.8 Å². The Morgan fingerprint density at radius 3 is 2.83 bits per heavy atom. The Kier molecular flexibility index (Phi) is 7.41. The van der Waals surface area contributed by atoms with Gasteiger partial charge in [-0.15, -0.1) is 0 Å². The molecule has 1 aromatic rings. The van der Waals surface area contributed by atoms with E-state index in [-0.39, 0.29) is 17.7 Å². The molecule has 1 heterocycles. The maximum absolute atomic E-state index is 11.8. The van der Waals surface area contributed by atoms with E-state index in [4.69, 9.17) is 16.2 Å². The van der Waals surface area contributed by atoms with Crippen LogP contribution in [0.5, 0.6) is 0 Å². The van der Waals surface area contributed by atoms with Crippen molar-refractivity contribution in [1.82, 2.24) is 9.97 Å². The fraction of sp³-hybridized carbons (Fsp3) is 0.667. The first kappa shape index (κ1) is 17.8. The molecule has 5 N–H and O–H groups in total. The van der Waals surface area contributed by atoms with E-state index in [0.29, 0.717) is 17.7 Å². The van der Waals surface area contributed by atoms with Gasteiger partial charge in [-0.25, -0.2) is 0 Å². The van der Waals surface area contributed by atoms with Crippen LogP contribution in [0.3, 0.4) is 0 Å². The Labute approximate surface area is 141 Å². The second-order valence-electron chi connectivity index (χ2n) is 5.62. The molecule has 2 rings (SSSR count). The summed E-state index contributed by atoms with van der Waals surface area (Å²) in [6.45, 7) is 0.776. The van der Waals surface area contributed by atoms with Gasteiger partial charge < -0.3 is 21.5 Å². The average molecular weight is 339 g/mol. The Morgan fingerprint density at radius 1 is 1.30 bits per heavy atom. The molecule has 0 spiro atoms. The molecule has 1 amide bonds. The molecular formula is C15H25N5O2S. The van der Waals surface area contributed by atoms with Crippen LogP contribution in [0.2, 0.25) is 0 Å². The van der Waals surface area contributed by atoms with Gasteiger partial charge in [0.15, 0.2) is 0 Å². The number of nitrogens with one attached hydrogen (secondary N) is 1. The van der Waals surface area contributed by atoms with E-state index in [1.807, 2.05) is 0 Å². The first-order valence-electron chi connectivity index (χ1n) is 8.03. The average Bonchev–Trinajstić information content (AvgIpc) is 2.50. The molecule has 7 nitrogen and oxygen atoms in total. The number of nitrogen functional groups attached to an aromatic ring is 2. The Balaban J connectivity index is 1.54. The molecule has 0 radical (unpaired) electrons. The molecule has 0 aromatic carbocycles. The van der Waals surface area contributed by atoms with Gasteiger partial charge in [-0.05, 0) is 25.0 Å². The van der Waals surface area contributed by atoms with Crippen LogP contribution in [0.1, 0.15) is 38.5 Å². The van der Waals surface area contributed by atoms with E-state index < -0.39 is 0 Å². The molecule has 23 heavy (non-hydrogen) atoms. The molecule has 1 aliphatic carbocycles. The topological polar surface area (TPSA) is 116 Å². The second kappa shape index (κ2) is 9.57. The fourth-order valence-corrected chi connectivity index (χ4v) is 3.26. The number of nitrogens with two attached hydrogens (primary N) is 2. The van der Waals surface area contributed by atoms with Crippen LogP contribution in [-0.2, 0) is 9.53 Å². The standard InChI is InChI=1S/C15H25N5O2S/c16-12-9-13(20-15(17)18-12)19-14(21)10-23-8-4-7-22-11-5-2-1-3-6-11/h9,11H,1-8,10H2,(H5,16,17,18,19,20,21). The molecule has 8 heteroatoms. The Morgan fingerprint density at radius 2 is 2.09 bits per heavy atom. The van der Waals surface area contributed by atoms with Crippen LogP contribution in [0.25, 0.3) is 0 Å². The van der Waals surface area contributed by atoms with Crippen molar-refractivity contribution in [2.45, 2.75) is 44.6 Å². The van der Waals surface area contributed by atoms with Crippen molar-refractivity contribution in [3.63, 3.8) is 0 Å². The minimum absolute atomic E-state index is 0.0489. The van der Waals surface area contributed by atoms with Crippen LogP contribution < -0.4 is 16.8 Å². The van der Waals surface area contributed by atoms with Crippen molar-refractivity contribution in [3.05, 3.63) is 6.07 Å². The molecule has 0 atom stereocenters. The van der Waals surface area contributed by atoms with Crippen molar-refractivity contribution in [1.29, 1.82) is 0 Å². The lowest BCUT2D eigenvalue weighted by atomic mass is 9.98. The number of amides is 1. The smallest absolute Gasteiger partial charge is 0.235 e. The number of hydrogen-bond donors (Lipinski definition) is 3. The van der Waals surface area contributed by atoms with Gasteiger partial charge in [-0.1, -0.05) is 19.3 Å². The van der Waals surface area contributed by atoms with Crippen LogP contribution >= 0.6 is 11.8 Å². The third kappa shape index (κ3) is 7.04. The van der Waals surface area contributed by atoms with Gasteiger partial charge in [-0.3, -0.25) is 4.79 Å². The van der Waals surface area contributed by atoms with Crippen LogP contribution in [-0.4, -0.2) is 40.1 Å². The molecular weight excluding hydrogens is 314 g/mol. The first-order valence-corrected chi connectivity index (χ1v) is 9.18. The predicted molar refractivity (Wildman–Crippen MR) is 94.3 cm³/mol. The van der Waals surface area contributed by atoms with Crippen molar-refractivity contribution >= 4 is 35.3 Å². The summed E-state index contributed by atoms with van der Waals surface area (Å²) < 4.78 is 5.85. The lowest BCUT2D eigenvalue weighted by Crippen LogP contribution is -2.18. The monoisotopic (exact) mass is 339 g/mol. The van der Waals surface area contributed by atoms with E-state index in [1.165, 1.54) is 38.2 Å². The number of thioether (sulfide) groups is 1. The van der Waals surface area contributed by atoms with Crippen LogP contribution in [0.4, 0.5) is 17.6 Å².